The molecule has 0 radical (unpaired) electrons. The molecule has 0 spiro atoms. The SMILES string of the molecule is CCCCC#CCOCC#CC(=O)OC. The second-order valence-electron chi connectivity index (χ2n) is 2.74. The maximum atomic E-state index is 10.5. The molecule has 0 atom stereocenters. The van der Waals surface area contributed by atoms with Crippen LogP contribution in [0, 0.1) is 23.7 Å². The van der Waals surface area contributed by atoms with Crippen molar-refractivity contribution >= 4 is 5.97 Å². The fourth-order valence-electron chi connectivity index (χ4n) is 0.717. The van der Waals surface area contributed by atoms with Gasteiger partial charge in [0, 0.05) is 12.3 Å². The number of carbonyl (C=O) groups excluding carboxylic acids is 1. The Kier molecular flexibility index (Phi) is 9.60. The van der Waals surface area contributed by atoms with E-state index in [2.05, 4.69) is 35.3 Å². The lowest BCUT2D eigenvalue weighted by Gasteiger charge is -1.90. The number of rotatable bonds is 4. The molecular formula is C12H16O3. The molecule has 0 aromatic carbocycles. The monoisotopic (exact) mass is 208 g/mol. The first-order valence-electron chi connectivity index (χ1n) is 4.91. The number of carbonyl (C=O) groups is 1. The zero-order chi connectivity index (χ0) is 11.4. The van der Waals surface area contributed by atoms with E-state index in [9.17, 15) is 4.79 Å². The van der Waals surface area contributed by atoms with Gasteiger partial charge < -0.3 is 9.47 Å². The van der Waals surface area contributed by atoms with Crippen molar-refractivity contribution in [3.05, 3.63) is 0 Å². The molecule has 0 aromatic rings. The lowest BCUT2D eigenvalue weighted by atomic mass is 10.2. The summed E-state index contributed by atoms with van der Waals surface area (Å²) in [5.74, 6) is 10.1. The lowest BCUT2D eigenvalue weighted by Crippen LogP contribution is -1.97. The number of hydrogen-bond donors (Lipinski definition) is 0. The van der Waals surface area contributed by atoms with Crippen molar-refractivity contribution in [2.45, 2.75) is 26.2 Å². The molecule has 0 saturated carbocycles. The Hall–Kier alpha value is -1.45. The first kappa shape index (κ1) is 13.5. The maximum Gasteiger partial charge on any atom is 0.384 e. The highest BCUT2D eigenvalue weighted by atomic mass is 16.5. The lowest BCUT2D eigenvalue weighted by molar-refractivity contribution is -0.133. The highest BCUT2D eigenvalue weighted by Crippen LogP contribution is 1.89. The predicted molar refractivity (Wildman–Crippen MR) is 57.9 cm³/mol. The molecule has 15 heavy (non-hydrogen) atoms. The molecule has 0 unspecified atom stereocenters. The van der Waals surface area contributed by atoms with E-state index < -0.39 is 5.97 Å². The van der Waals surface area contributed by atoms with Crippen LogP contribution in [-0.2, 0) is 14.3 Å². The zero-order valence-corrected chi connectivity index (χ0v) is 9.26. The first-order chi connectivity index (χ1) is 7.31. The number of esters is 1. The summed E-state index contributed by atoms with van der Waals surface area (Å²) in [5.41, 5.74) is 0. The third-order valence-corrected chi connectivity index (χ3v) is 1.50. The molecule has 82 valence electrons. The van der Waals surface area contributed by atoms with E-state index in [1.807, 2.05) is 0 Å². The number of methoxy groups -OCH3 is 1. The molecule has 0 amide bonds. The fourth-order valence-corrected chi connectivity index (χ4v) is 0.717. The van der Waals surface area contributed by atoms with Crippen LogP contribution in [0.25, 0.3) is 0 Å². The van der Waals surface area contributed by atoms with Crippen LogP contribution in [0.4, 0.5) is 0 Å². The molecule has 0 aliphatic heterocycles. The van der Waals surface area contributed by atoms with Gasteiger partial charge in [-0.2, -0.15) is 0 Å². The third kappa shape index (κ3) is 10.5. The van der Waals surface area contributed by atoms with Gasteiger partial charge in [0.15, 0.2) is 0 Å². The highest BCUT2D eigenvalue weighted by molar-refractivity contribution is 5.88. The number of unbranched alkanes of at least 4 members (excludes halogenated alkanes) is 2. The van der Waals surface area contributed by atoms with E-state index in [1.165, 1.54) is 7.11 Å². The van der Waals surface area contributed by atoms with Gasteiger partial charge in [0.1, 0.15) is 13.2 Å². The van der Waals surface area contributed by atoms with Crippen LogP contribution in [0.5, 0.6) is 0 Å². The number of ether oxygens (including phenoxy) is 2. The Morgan fingerprint density at radius 2 is 1.93 bits per heavy atom. The second kappa shape index (κ2) is 10.6. The van der Waals surface area contributed by atoms with Gasteiger partial charge in [-0.1, -0.05) is 25.2 Å². The van der Waals surface area contributed by atoms with Crippen LogP contribution in [0.15, 0.2) is 0 Å². The van der Waals surface area contributed by atoms with E-state index in [-0.39, 0.29) is 6.61 Å². The first-order valence-corrected chi connectivity index (χ1v) is 4.91. The zero-order valence-electron chi connectivity index (χ0n) is 9.26. The summed E-state index contributed by atoms with van der Waals surface area (Å²) in [4.78, 5) is 10.5. The summed E-state index contributed by atoms with van der Waals surface area (Å²) in [5, 5.41) is 0. The Balaban J connectivity index is 3.40. The van der Waals surface area contributed by atoms with Gasteiger partial charge >= 0.3 is 5.97 Å². The van der Waals surface area contributed by atoms with Crippen LogP contribution in [0.2, 0.25) is 0 Å². The molecule has 0 N–H and O–H groups in total. The number of hydrogen-bond acceptors (Lipinski definition) is 3. The Morgan fingerprint density at radius 3 is 2.60 bits per heavy atom. The van der Waals surface area contributed by atoms with Crippen LogP contribution in [0.1, 0.15) is 26.2 Å². The average molecular weight is 208 g/mol. The maximum absolute atomic E-state index is 10.5. The van der Waals surface area contributed by atoms with Gasteiger partial charge in [0.05, 0.1) is 7.11 Å². The standard InChI is InChI=1S/C12H16O3/c1-3-4-5-6-7-10-15-11-8-9-12(13)14-2/h3-5,10-11H2,1-2H3. The topological polar surface area (TPSA) is 35.5 Å². The van der Waals surface area contributed by atoms with Gasteiger partial charge in [0.2, 0.25) is 0 Å². The summed E-state index contributed by atoms with van der Waals surface area (Å²) >= 11 is 0. The van der Waals surface area contributed by atoms with Crippen molar-refractivity contribution in [1.82, 2.24) is 0 Å². The highest BCUT2D eigenvalue weighted by Gasteiger charge is 1.87. The Morgan fingerprint density at radius 1 is 1.20 bits per heavy atom. The van der Waals surface area contributed by atoms with E-state index in [1.54, 1.807) is 0 Å². The molecule has 0 saturated heterocycles. The smallest absolute Gasteiger partial charge is 0.384 e. The van der Waals surface area contributed by atoms with Crippen molar-refractivity contribution in [3.63, 3.8) is 0 Å². The van der Waals surface area contributed by atoms with Crippen molar-refractivity contribution in [2.75, 3.05) is 20.3 Å². The second-order valence-corrected chi connectivity index (χ2v) is 2.74. The van der Waals surface area contributed by atoms with E-state index >= 15 is 0 Å². The van der Waals surface area contributed by atoms with Gasteiger partial charge in [-0.3, -0.25) is 0 Å². The Labute approximate surface area is 91.1 Å². The minimum absolute atomic E-state index is 0.206. The largest absolute Gasteiger partial charge is 0.459 e. The van der Waals surface area contributed by atoms with Crippen LogP contribution >= 0.6 is 0 Å². The average Bonchev–Trinajstić information content (AvgIpc) is 2.26. The van der Waals surface area contributed by atoms with Crippen LogP contribution in [-0.4, -0.2) is 26.3 Å². The summed E-state index contributed by atoms with van der Waals surface area (Å²) in [7, 11) is 1.29. The van der Waals surface area contributed by atoms with E-state index in [0.717, 1.165) is 19.3 Å². The van der Waals surface area contributed by atoms with Crippen LogP contribution in [0.3, 0.4) is 0 Å². The molecule has 0 aliphatic rings. The molecule has 0 aliphatic carbocycles. The molecule has 0 rings (SSSR count). The van der Waals surface area contributed by atoms with Gasteiger partial charge in [0.25, 0.3) is 0 Å². The molecule has 0 heterocycles. The van der Waals surface area contributed by atoms with Crippen molar-refractivity contribution < 1.29 is 14.3 Å². The van der Waals surface area contributed by atoms with E-state index in [4.69, 9.17) is 4.74 Å². The summed E-state index contributed by atoms with van der Waals surface area (Å²) < 4.78 is 9.38. The van der Waals surface area contributed by atoms with Crippen LogP contribution < -0.4 is 0 Å². The summed E-state index contributed by atoms with van der Waals surface area (Å²) in [6.45, 7) is 2.69. The normalized spacial score (nSPS) is 8.13. The molecule has 3 heteroatoms. The van der Waals surface area contributed by atoms with Gasteiger partial charge in [-0.05, 0) is 6.42 Å². The molecule has 3 nitrogen and oxygen atoms in total. The molecule has 0 bridgehead atoms. The third-order valence-electron chi connectivity index (χ3n) is 1.50. The van der Waals surface area contributed by atoms with Crippen molar-refractivity contribution in [1.29, 1.82) is 0 Å². The minimum atomic E-state index is -0.548. The van der Waals surface area contributed by atoms with Crippen molar-refractivity contribution in [2.24, 2.45) is 0 Å². The summed E-state index contributed by atoms with van der Waals surface area (Å²) in [6, 6.07) is 0. The minimum Gasteiger partial charge on any atom is -0.459 e. The quantitative estimate of drug-likeness (QED) is 0.303. The van der Waals surface area contributed by atoms with E-state index in [0.29, 0.717) is 6.61 Å². The van der Waals surface area contributed by atoms with Crippen molar-refractivity contribution in [3.8, 4) is 23.7 Å². The Bertz CT molecular complexity index is 285. The summed E-state index contributed by atoms with van der Waals surface area (Å²) in [6.07, 6.45) is 3.18. The van der Waals surface area contributed by atoms with Gasteiger partial charge in [-0.25, -0.2) is 4.79 Å². The van der Waals surface area contributed by atoms with Gasteiger partial charge in [-0.15, -0.1) is 5.92 Å². The molecule has 0 aromatic heterocycles. The molecule has 0 fully saturated rings. The molecular weight excluding hydrogens is 192 g/mol. The fraction of sp³-hybridized carbons (Fsp3) is 0.583. The predicted octanol–water partition coefficient (Wildman–Crippen LogP) is 1.37.